The Morgan fingerprint density at radius 2 is 1.52 bits per heavy atom. The van der Waals surface area contributed by atoms with E-state index in [0.29, 0.717) is 22.7 Å². The number of nitrogen functional groups attached to an aromatic ring is 1. The van der Waals surface area contributed by atoms with Crippen LogP contribution in [0.1, 0.15) is 36.7 Å². The number of benzene rings is 3. The van der Waals surface area contributed by atoms with Gasteiger partial charge < -0.3 is 15.2 Å². The number of anilines is 1. The minimum atomic E-state index is -0.623. The third-order valence-corrected chi connectivity index (χ3v) is 4.05. The lowest BCUT2D eigenvalue weighted by Gasteiger charge is -2.20. The van der Waals surface area contributed by atoms with Crippen LogP contribution in [0.4, 0.5) is 5.69 Å². The zero-order chi connectivity index (χ0) is 21.0. The second-order valence-electron chi connectivity index (χ2n) is 7.57. The average molecular weight is 386 g/mol. The summed E-state index contributed by atoms with van der Waals surface area (Å²) < 4.78 is 11.4. The van der Waals surface area contributed by atoms with Crippen molar-refractivity contribution < 1.29 is 14.3 Å². The summed E-state index contributed by atoms with van der Waals surface area (Å²) in [7, 11) is 0. The van der Waals surface area contributed by atoms with Gasteiger partial charge in [-0.3, -0.25) is 0 Å². The molecule has 0 amide bonds. The Labute approximate surface area is 170 Å². The molecule has 3 aromatic carbocycles. The standard InChI is InChI=1S/C24H22N2O3/c1-24(2,3)29-23(27)21-14-19(26)10-13-22(21)28-20-11-8-18(9-12-20)17-6-4-16(15-25)5-7-17/h4-14H,26H2,1-3H3. The number of rotatable bonds is 4. The molecule has 0 heterocycles. The molecule has 0 saturated heterocycles. The number of hydrogen-bond acceptors (Lipinski definition) is 5. The third-order valence-electron chi connectivity index (χ3n) is 4.05. The monoisotopic (exact) mass is 386 g/mol. The lowest BCUT2D eigenvalue weighted by molar-refractivity contribution is 0.00672. The number of esters is 1. The van der Waals surface area contributed by atoms with Gasteiger partial charge in [-0.05, 0) is 74.4 Å². The molecule has 3 aromatic rings. The molecular weight excluding hydrogens is 364 g/mol. The van der Waals surface area contributed by atoms with Crippen molar-refractivity contribution in [1.29, 1.82) is 5.26 Å². The molecule has 0 unspecified atom stereocenters. The van der Waals surface area contributed by atoms with Crippen molar-refractivity contribution in [3.8, 4) is 28.7 Å². The van der Waals surface area contributed by atoms with Crippen molar-refractivity contribution in [2.45, 2.75) is 26.4 Å². The Morgan fingerprint density at radius 3 is 2.07 bits per heavy atom. The molecule has 5 nitrogen and oxygen atoms in total. The fraction of sp³-hybridized carbons (Fsp3) is 0.167. The van der Waals surface area contributed by atoms with E-state index in [4.69, 9.17) is 20.5 Å². The molecular formula is C24H22N2O3. The molecule has 0 aromatic heterocycles. The number of carbonyl (C=O) groups is 1. The first-order valence-corrected chi connectivity index (χ1v) is 9.16. The number of nitriles is 1. The fourth-order valence-electron chi connectivity index (χ4n) is 2.71. The summed E-state index contributed by atoms with van der Waals surface area (Å²) in [4.78, 5) is 12.5. The summed E-state index contributed by atoms with van der Waals surface area (Å²) in [6.45, 7) is 5.42. The smallest absolute Gasteiger partial charge is 0.342 e. The van der Waals surface area contributed by atoms with Gasteiger partial charge in [0.15, 0.2) is 0 Å². The van der Waals surface area contributed by atoms with Crippen LogP contribution in [-0.2, 0) is 4.74 Å². The van der Waals surface area contributed by atoms with Gasteiger partial charge in [0.25, 0.3) is 0 Å². The van der Waals surface area contributed by atoms with Crippen molar-refractivity contribution in [2.24, 2.45) is 0 Å². The topological polar surface area (TPSA) is 85.3 Å². The molecule has 0 bridgehead atoms. The molecule has 0 saturated carbocycles. The van der Waals surface area contributed by atoms with Gasteiger partial charge in [-0.2, -0.15) is 5.26 Å². The summed E-state index contributed by atoms with van der Waals surface area (Å²) in [6, 6.07) is 21.8. The Hall–Kier alpha value is -3.78. The van der Waals surface area contributed by atoms with Gasteiger partial charge in [0, 0.05) is 5.69 Å². The Morgan fingerprint density at radius 1 is 0.931 bits per heavy atom. The van der Waals surface area contributed by atoms with Gasteiger partial charge in [0.05, 0.1) is 11.6 Å². The van der Waals surface area contributed by atoms with Crippen LogP contribution in [0.5, 0.6) is 11.5 Å². The molecule has 0 fully saturated rings. The van der Waals surface area contributed by atoms with Crippen LogP contribution >= 0.6 is 0 Å². The van der Waals surface area contributed by atoms with Gasteiger partial charge >= 0.3 is 5.97 Å². The number of hydrogen-bond donors (Lipinski definition) is 1. The van der Waals surface area contributed by atoms with Gasteiger partial charge in [0.2, 0.25) is 0 Å². The van der Waals surface area contributed by atoms with E-state index < -0.39 is 11.6 Å². The predicted octanol–water partition coefficient (Wildman–Crippen LogP) is 5.56. The highest BCUT2D eigenvalue weighted by atomic mass is 16.6. The first-order chi connectivity index (χ1) is 13.7. The molecule has 0 radical (unpaired) electrons. The molecule has 0 aliphatic rings. The molecule has 5 heteroatoms. The first kappa shape index (κ1) is 20.0. The Balaban J connectivity index is 1.83. The number of ether oxygens (including phenoxy) is 2. The summed E-state index contributed by atoms with van der Waals surface area (Å²) in [5.74, 6) is 0.463. The number of nitrogens with two attached hydrogens (primary N) is 1. The van der Waals surface area contributed by atoms with E-state index >= 15 is 0 Å². The second-order valence-corrected chi connectivity index (χ2v) is 7.57. The normalized spacial score (nSPS) is 10.8. The van der Waals surface area contributed by atoms with Gasteiger partial charge in [0.1, 0.15) is 22.7 Å². The van der Waals surface area contributed by atoms with Crippen molar-refractivity contribution in [3.05, 3.63) is 77.9 Å². The Bertz CT molecular complexity index is 1060. The maximum atomic E-state index is 12.5. The van der Waals surface area contributed by atoms with Crippen LogP contribution in [-0.4, -0.2) is 11.6 Å². The average Bonchev–Trinajstić information content (AvgIpc) is 2.69. The van der Waals surface area contributed by atoms with Crippen molar-refractivity contribution in [2.75, 3.05) is 5.73 Å². The highest BCUT2D eigenvalue weighted by Crippen LogP contribution is 2.30. The first-order valence-electron chi connectivity index (χ1n) is 9.16. The van der Waals surface area contributed by atoms with Crippen molar-refractivity contribution in [1.82, 2.24) is 0 Å². The molecule has 0 spiro atoms. The van der Waals surface area contributed by atoms with Crippen molar-refractivity contribution in [3.63, 3.8) is 0 Å². The molecule has 29 heavy (non-hydrogen) atoms. The molecule has 146 valence electrons. The SMILES string of the molecule is CC(C)(C)OC(=O)c1cc(N)ccc1Oc1ccc(-c2ccc(C#N)cc2)cc1. The maximum Gasteiger partial charge on any atom is 0.342 e. The lowest BCUT2D eigenvalue weighted by atomic mass is 10.0. The molecule has 3 rings (SSSR count). The largest absolute Gasteiger partial charge is 0.456 e. The maximum absolute atomic E-state index is 12.5. The Kier molecular flexibility index (Phi) is 5.56. The summed E-state index contributed by atoms with van der Waals surface area (Å²) >= 11 is 0. The van der Waals surface area contributed by atoms with Crippen LogP contribution in [0.25, 0.3) is 11.1 Å². The minimum Gasteiger partial charge on any atom is -0.456 e. The highest BCUT2D eigenvalue weighted by molar-refractivity contribution is 5.94. The molecule has 0 aliphatic carbocycles. The third kappa shape index (κ3) is 5.14. The van der Waals surface area contributed by atoms with E-state index in [-0.39, 0.29) is 5.56 Å². The minimum absolute atomic E-state index is 0.274. The van der Waals surface area contributed by atoms with E-state index in [1.807, 2.05) is 36.4 Å². The second kappa shape index (κ2) is 8.07. The molecule has 0 atom stereocenters. The summed E-state index contributed by atoms with van der Waals surface area (Å²) in [5.41, 5.74) is 8.56. The van der Waals surface area contributed by atoms with E-state index in [1.54, 1.807) is 51.1 Å². The highest BCUT2D eigenvalue weighted by Gasteiger charge is 2.21. The molecule has 0 aliphatic heterocycles. The van der Waals surface area contributed by atoms with Gasteiger partial charge in [-0.15, -0.1) is 0 Å². The van der Waals surface area contributed by atoms with Crippen molar-refractivity contribution >= 4 is 11.7 Å². The lowest BCUT2D eigenvalue weighted by Crippen LogP contribution is -2.24. The van der Waals surface area contributed by atoms with Crippen LogP contribution in [0.15, 0.2) is 66.7 Å². The quantitative estimate of drug-likeness (QED) is 0.469. The van der Waals surface area contributed by atoms with Crippen LogP contribution in [0.3, 0.4) is 0 Å². The number of carbonyl (C=O) groups excluding carboxylic acids is 1. The van der Waals surface area contributed by atoms with E-state index in [1.165, 1.54) is 0 Å². The summed E-state index contributed by atoms with van der Waals surface area (Å²) in [6.07, 6.45) is 0. The number of nitrogens with zero attached hydrogens (tertiary/aromatic N) is 1. The van der Waals surface area contributed by atoms with E-state index in [9.17, 15) is 4.79 Å². The zero-order valence-corrected chi connectivity index (χ0v) is 16.6. The fourth-order valence-corrected chi connectivity index (χ4v) is 2.71. The van der Waals surface area contributed by atoms with E-state index in [2.05, 4.69) is 6.07 Å². The van der Waals surface area contributed by atoms with Crippen LogP contribution in [0.2, 0.25) is 0 Å². The van der Waals surface area contributed by atoms with E-state index in [0.717, 1.165) is 11.1 Å². The van der Waals surface area contributed by atoms with Crippen LogP contribution < -0.4 is 10.5 Å². The van der Waals surface area contributed by atoms with Crippen LogP contribution in [0, 0.1) is 11.3 Å². The van der Waals surface area contributed by atoms with Gasteiger partial charge in [-0.1, -0.05) is 24.3 Å². The zero-order valence-electron chi connectivity index (χ0n) is 16.6. The van der Waals surface area contributed by atoms with Gasteiger partial charge in [-0.25, -0.2) is 4.79 Å². The molecule has 2 N–H and O–H groups in total. The predicted molar refractivity (Wildman–Crippen MR) is 113 cm³/mol. The summed E-state index contributed by atoms with van der Waals surface area (Å²) in [5, 5.41) is 8.91.